The van der Waals surface area contributed by atoms with Gasteiger partial charge in [0, 0.05) is 12.5 Å². The quantitative estimate of drug-likeness (QED) is 0.890. The topological polar surface area (TPSA) is 62.5 Å². The number of carbonyl (C=O) groups is 1. The van der Waals surface area contributed by atoms with Gasteiger partial charge in [0.1, 0.15) is 22.9 Å². The molecule has 1 aromatic carbocycles. The number of aromatic hydroxyl groups is 1. The standard InChI is InChI=1S/C14H14FNO3/c1-9(8-10-4-3-7-19-10)16-14(18)13-11(15)5-2-6-12(13)17/h2-7,9,17H,8H2,1H3,(H,16,18). The summed E-state index contributed by atoms with van der Waals surface area (Å²) in [5.41, 5.74) is -0.339. The van der Waals surface area contributed by atoms with Crippen molar-refractivity contribution in [1.82, 2.24) is 5.32 Å². The van der Waals surface area contributed by atoms with E-state index in [2.05, 4.69) is 5.32 Å². The van der Waals surface area contributed by atoms with Gasteiger partial charge in [-0.1, -0.05) is 6.07 Å². The lowest BCUT2D eigenvalue weighted by Gasteiger charge is -2.13. The molecule has 5 heteroatoms. The Morgan fingerprint density at radius 1 is 1.42 bits per heavy atom. The third kappa shape index (κ3) is 3.13. The van der Waals surface area contributed by atoms with Crippen molar-refractivity contribution in [3.05, 3.63) is 53.7 Å². The molecule has 2 rings (SSSR count). The van der Waals surface area contributed by atoms with Gasteiger partial charge in [0.15, 0.2) is 0 Å². The number of benzene rings is 1. The fraction of sp³-hybridized carbons (Fsp3) is 0.214. The Bertz CT molecular complexity index is 546. The van der Waals surface area contributed by atoms with E-state index in [1.54, 1.807) is 25.3 Å². The fourth-order valence-corrected chi connectivity index (χ4v) is 1.82. The molecule has 19 heavy (non-hydrogen) atoms. The normalized spacial score (nSPS) is 12.1. The number of furan rings is 1. The largest absolute Gasteiger partial charge is 0.507 e. The van der Waals surface area contributed by atoms with Crippen LogP contribution in [0.25, 0.3) is 0 Å². The lowest BCUT2D eigenvalue weighted by Crippen LogP contribution is -2.34. The molecule has 0 aliphatic heterocycles. The number of hydrogen-bond acceptors (Lipinski definition) is 3. The Morgan fingerprint density at radius 2 is 2.21 bits per heavy atom. The first kappa shape index (κ1) is 13.1. The predicted octanol–water partition coefficient (Wildman–Crippen LogP) is 2.49. The molecule has 1 unspecified atom stereocenters. The number of halogens is 1. The van der Waals surface area contributed by atoms with Gasteiger partial charge in [-0.15, -0.1) is 0 Å². The van der Waals surface area contributed by atoms with Crippen LogP contribution in [-0.4, -0.2) is 17.1 Å². The van der Waals surface area contributed by atoms with Crippen LogP contribution in [0.4, 0.5) is 4.39 Å². The summed E-state index contributed by atoms with van der Waals surface area (Å²) in [7, 11) is 0. The number of phenolic OH excluding ortho intramolecular Hbond substituents is 1. The average molecular weight is 263 g/mol. The zero-order chi connectivity index (χ0) is 13.8. The molecule has 1 aromatic heterocycles. The van der Waals surface area contributed by atoms with E-state index in [4.69, 9.17) is 4.42 Å². The van der Waals surface area contributed by atoms with Gasteiger partial charge < -0.3 is 14.8 Å². The van der Waals surface area contributed by atoms with E-state index in [0.717, 1.165) is 11.8 Å². The van der Waals surface area contributed by atoms with E-state index in [-0.39, 0.29) is 17.4 Å². The van der Waals surface area contributed by atoms with Crippen LogP contribution >= 0.6 is 0 Å². The van der Waals surface area contributed by atoms with Gasteiger partial charge in [0.05, 0.1) is 6.26 Å². The van der Waals surface area contributed by atoms with E-state index in [0.29, 0.717) is 6.42 Å². The van der Waals surface area contributed by atoms with Crippen LogP contribution in [0.1, 0.15) is 23.0 Å². The molecule has 0 fully saturated rings. The molecule has 1 heterocycles. The van der Waals surface area contributed by atoms with Crippen molar-refractivity contribution in [3.8, 4) is 5.75 Å². The van der Waals surface area contributed by atoms with Crippen molar-refractivity contribution in [1.29, 1.82) is 0 Å². The third-order valence-corrected chi connectivity index (χ3v) is 2.68. The molecule has 0 aliphatic carbocycles. The second-order valence-electron chi connectivity index (χ2n) is 4.29. The highest BCUT2D eigenvalue weighted by molar-refractivity contribution is 5.97. The Morgan fingerprint density at radius 3 is 2.84 bits per heavy atom. The molecule has 1 amide bonds. The molecule has 0 aliphatic rings. The van der Waals surface area contributed by atoms with Crippen LogP contribution in [0.2, 0.25) is 0 Å². The van der Waals surface area contributed by atoms with Gasteiger partial charge in [-0.25, -0.2) is 4.39 Å². The second kappa shape index (κ2) is 5.56. The van der Waals surface area contributed by atoms with Crippen molar-refractivity contribution in [2.75, 3.05) is 0 Å². The Kier molecular flexibility index (Phi) is 3.85. The molecular weight excluding hydrogens is 249 g/mol. The van der Waals surface area contributed by atoms with Crippen LogP contribution in [-0.2, 0) is 6.42 Å². The van der Waals surface area contributed by atoms with E-state index >= 15 is 0 Å². The van der Waals surface area contributed by atoms with Gasteiger partial charge in [0.2, 0.25) is 0 Å². The molecule has 0 radical (unpaired) electrons. The van der Waals surface area contributed by atoms with Crippen molar-refractivity contribution in [2.24, 2.45) is 0 Å². The van der Waals surface area contributed by atoms with Gasteiger partial charge in [-0.05, 0) is 31.2 Å². The lowest BCUT2D eigenvalue weighted by molar-refractivity contribution is 0.0932. The number of rotatable bonds is 4. The number of amides is 1. The van der Waals surface area contributed by atoms with Crippen LogP contribution in [0.5, 0.6) is 5.75 Å². The Hall–Kier alpha value is -2.30. The van der Waals surface area contributed by atoms with Crippen LogP contribution in [0, 0.1) is 5.82 Å². The van der Waals surface area contributed by atoms with Gasteiger partial charge in [-0.2, -0.15) is 0 Å². The minimum Gasteiger partial charge on any atom is -0.507 e. The summed E-state index contributed by atoms with van der Waals surface area (Å²) in [5.74, 6) is -1.04. The molecule has 0 saturated carbocycles. The zero-order valence-corrected chi connectivity index (χ0v) is 10.4. The highest BCUT2D eigenvalue weighted by atomic mass is 19.1. The number of carbonyl (C=O) groups excluding carboxylic acids is 1. The predicted molar refractivity (Wildman–Crippen MR) is 67.4 cm³/mol. The SMILES string of the molecule is CC(Cc1ccco1)NC(=O)c1c(O)cccc1F. The molecule has 0 bridgehead atoms. The summed E-state index contributed by atoms with van der Waals surface area (Å²) >= 11 is 0. The van der Waals surface area contributed by atoms with Crippen molar-refractivity contribution < 1.29 is 18.7 Å². The van der Waals surface area contributed by atoms with Crippen molar-refractivity contribution >= 4 is 5.91 Å². The first-order valence-electron chi connectivity index (χ1n) is 5.88. The van der Waals surface area contributed by atoms with Crippen LogP contribution in [0.3, 0.4) is 0 Å². The summed E-state index contributed by atoms with van der Waals surface area (Å²) in [4.78, 5) is 11.9. The number of nitrogens with one attached hydrogen (secondary N) is 1. The fourth-order valence-electron chi connectivity index (χ4n) is 1.82. The Balaban J connectivity index is 2.04. The zero-order valence-electron chi connectivity index (χ0n) is 10.4. The molecule has 4 nitrogen and oxygen atoms in total. The molecule has 2 N–H and O–H groups in total. The van der Waals surface area contributed by atoms with Crippen LogP contribution < -0.4 is 5.32 Å². The molecule has 0 spiro atoms. The maximum absolute atomic E-state index is 13.5. The smallest absolute Gasteiger partial charge is 0.258 e. The van der Waals surface area contributed by atoms with Crippen molar-refractivity contribution in [2.45, 2.75) is 19.4 Å². The lowest BCUT2D eigenvalue weighted by atomic mass is 10.1. The van der Waals surface area contributed by atoms with Gasteiger partial charge >= 0.3 is 0 Å². The summed E-state index contributed by atoms with van der Waals surface area (Å²) in [6.45, 7) is 1.78. The number of phenols is 1. The van der Waals surface area contributed by atoms with E-state index in [9.17, 15) is 14.3 Å². The van der Waals surface area contributed by atoms with Gasteiger partial charge in [-0.3, -0.25) is 4.79 Å². The maximum atomic E-state index is 13.5. The third-order valence-electron chi connectivity index (χ3n) is 2.68. The maximum Gasteiger partial charge on any atom is 0.258 e. The molecular formula is C14H14FNO3. The van der Waals surface area contributed by atoms with E-state index in [1.165, 1.54) is 12.1 Å². The minimum atomic E-state index is -0.748. The Labute approximate surface area is 109 Å². The second-order valence-corrected chi connectivity index (χ2v) is 4.29. The monoisotopic (exact) mass is 263 g/mol. The highest BCUT2D eigenvalue weighted by Gasteiger charge is 2.18. The molecule has 1 atom stereocenters. The summed E-state index contributed by atoms with van der Waals surface area (Å²) in [6.07, 6.45) is 2.04. The first-order valence-corrected chi connectivity index (χ1v) is 5.88. The molecule has 0 saturated heterocycles. The summed E-state index contributed by atoms with van der Waals surface area (Å²) in [5, 5.41) is 12.1. The number of hydrogen-bond donors (Lipinski definition) is 2. The van der Waals surface area contributed by atoms with E-state index in [1.807, 2.05) is 0 Å². The minimum absolute atomic E-state index is 0.238. The summed E-state index contributed by atoms with van der Waals surface area (Å²) in [6, 6.07) is 7.06. The summed E-state index contributed by atoms with van der Waals surface area (Å²) < 4.78 is 18.7. The van der Waals surface area contributed by atoms with Gasteiger partial charge in [0.25, 0.3) is 5.91 Å². The highest BCUT2D eigenvalue weighted by Crippen LogP contribution is 2.19. The molecule has 2 aromatic rings. The first-order chi connectivity index (χ1) is 9.08. The van der Waals surface area contributed by atoms with E-state index < -0.39 is 11.7 Å². The molecule has 100 valence electrons. The average Bonchev–Trinajstić information content (AvgIpc) is 2.81. The van der Waals surface area contributed by atoms with Crippen LogP contribution in [0.15, 0.2) is 41.0 Å². The van der Waals surface area contributed by atoms with Crippen molar-refractivity contribution in [3.63, 3.8) is 0 Å².